The number of hydrogen-bond acceptors (Lipinski definition) is 2. The summed E-state index contributed by atoms with van der Waals surface area (Å²) in [5, 5.41) is 13.5. The molecule has 0 aliphatic heterocycles. The van der Waals surface area contributed by atoms with Crippen LogP contribution >= 0.6 is 0 Å². The zero-order chi connectivity index (χ0) is 48.7. The van der Waals surface area contributed by atoms with Gasteiger partial charge in [-0.1, -0.05) is 255 Å². The minimum absolute atomic E-state index is 0.257. The second-order valence-corrected chi connectivity index (χ2v) is 18.9. The molecule has 1 aliphatic rings. The molecule has 0 bridgehead atoms. The Labute approximate surface area is 427 Å². The summed E-state index contributed by atoms with van der Waals surface area (Å²) in [5.41, 5.74) is 21.0. The van der Waals surface area contributed by atoms with Crippen LogP contribution in [0.25, 0.3) is 77.5 Å². The predicted molar refractivity (Wildman–Crippen MR) is 305 cm³/mol. The number of rotatable bonds is 10. The Bertz CT molecular complexity index is 3930. The quantitative estimate of drug-likeness (QED) is 0.148. The van der Waals surface area contributed by atoms with Crippen LogP contribution in [0.5, 0.6) is 5.75 Å². The van der Waals surface area contributed by atoms with Crippen LogP contribution in [-0.2, 0) is 5.41 Å². The normalized spacial score (nSPS) is 12.3. The van der Waals surface area contributed by atoms with Crippen LogP contribution in [-0.4, -0.2) is 5.11 Å². The number of para-hydroxylation sites is 3. The maximum atomic E-state index is 11.0. The number of phenolic OH excluding ortho intramolecular Hbond substituents is 1. The second-order valence-electron chi connectivity index (χ2n) is 18.9. The van der Waals surface area contributed by atoms with Gasteiger partial charge in [0.15, 0.2) is 0 Å². The van der Waals surface area contributed by atoms with Crippen molar-refractivity contribution in [3.8, 4) is 72.5 Å². The number of hydrogen-bond donors (Lipinski definition) is 1. The monoisotopic (exact) mass is 931 g/mol. The van der Waals surface area contributed by atoms with Gasteiger partial charge in [0.25, 0.3) is 0 Å². The van der Waals surface area contributed by atoms with E-state index in [2.05, 4.69) is 272 Å². The molecular weight excluding hydrogens is 883 g/mol. The zero-order valence-electron chi connectivity index (χ0n) is 40.1. The van der Waals surface area contributed by atoms with Crippen LogP contribution in [0.15, 0.2) is 291 Å². The Kier molecular flexibility index (Phi) is 10.9. The van der Waals surface area contributed by atoms with E-state index in [1.165, 1.54) is 60.8 Å². The fourth-order valence-corrected chi connectivity index (χ4v) is 11.6. The minimum atomic E-state index is -0.535. The molecule has 0 spiro atoms. The smallest absolute Gasteiger partial charge is 0.123 e. The van der Waals surface area contributed by atoms with Gasteiger partial charge in [-0.05, 0) is 119 Å². The van der Waals surface area contributed by atoms with E-state index in [9.17, 15) is 5.11 Å². The minimum Gasteiger partial charge on any atom is -0.507 e. The van der Waals surface area contributed by atoms with E-state index in [4.69, 9.17) is 0 Å². The summed E-state index contributed by atoms with van der Waals surface area (Å²) in [6, 6.07) is 105. The van der Waals surface area contributed by atoms with Gasteiger partial charge in [0, 0.05) is 22.4 Å². The number of fused-ring (bicyclic) bond motifs is 4. The van der Waals surface area contributed by atoms with E-state index in [0.29, 0.717) is 0 Å². The average Bonchev–Trinajstić information content (AvgIpc) is 3.78. The van der Waals surface area contributed by atoms with Crippen molar-refractivity contribution in [2.24, 2.45) is 0 Å². The Morgan fingerprint density at radius 1 is 0.288 bits per heavy atom. The zero-order valence-corrected chi connectivity index (χ0v) is 40.1. The van der Waals surface area contributed by atoms with Gasteiger partial charge in [-0.15, -0.1) is 0 Å². The Balaban J connectivity index is 0.992. The molecule has 2 heteroatoms. The molecule has 0 saturated carbocycles. The van der Waals surface area contributed by atoms with Gasteiger partial charge in [-0.25, -0.2) is 0 Å². The number of aromatic hydroxyl groups is 1. The van der Waals surface area contributed by atoms with Crippen LogP contribution in [0.2, 0.25) is 0 Å². The van der Waals surface area contributed by atoms with Crippen molar-refractivity contribution in [2.45, 2.75) is 5.41 Å². The molecule has 1 N–H and O–H groups in total. The molecule has 0 atom stereocenters. The van der Waals surface area contributed by atoms with E-state index < -0.39 is 5.41 Å². The van der Waals surface area contributed by atoms with Crippen LogP contribution in [0.3, 0.4) is 0 Å². The molecule has 13 rings (SSSR count). The largest absolute Gasteiger partial charge is 0.507 e. The first-order valence-corrected chi connectivity index (χ1v) is 25.1. The number of benzene rings is 12. The first-order chi connectivity index (χ1) is 36.1. The number of phenols is 1. The van der Waals surface area contributed by atoms with Crippen LogP contribution in [0, 0.1) is 0 Å². The molecule has 12 aromatic carbocycles. The third kappa shape index (κ3) is 7.43. The van der Waals surface area contributed by atoms with Gasteiger partial charge in [-0.2, -0.15) is 0 Å². The molecule has 0 heterocycles. The maximum Gasteiger partial charge on any atom is 0.123 e. The van der Waals surface area contributed by atoms with Gasteiger partial charge in [0.2, 0.25) is 0 Å². The lowest BCUT2D eigenvalue weighted by Crippen LogP contribution is -2.28. The fraction of sp³-hybridized carbons (Fsp3) is 0.0141. The number of nitrogens with zero attached hydrogens (tertiary/aromatic N) is 1. The molecule has 0 unspecified atom stereocenters. The van der Waals surface area contributed by atoms with Gasteiger partial charge in [0.05, 0.1) is 16.8 Å². The van der Waals surface area contributed by atoms with Crippen molar-refractivity contribution >= 4 is 27.8 Å². The SMILES string of the molecule is Oc1ccccc1-c1cccc(-c2ccccc2N(c2ccc(-c3ccc(-c4cccc5ccccc45)cc3)cc2)c2ccccc2-c2cccc3c2-c2ccccc2C3(c2ccccc2)c2ccccc2)c1. The summed E-state index contributed by atoms with van der Waals surface area (Å²) >= 11 is 0. The van der Waals surface area contributed by atoms with Crippen molar-refractivity contribution < 1.29 is 5.11 Å². The highest BCUT2D eigenvalue weighted by Gasteiger charge is 2.47. The molecule has 73 heavy (non-hydrogen) atoms. The van der Waals surface area contributed by atoms with Gasteiger partial charge >= 0.3 is 0 Å². The van der Waals surface area contributed by atoms with Crippen molar-refractivity contribution in [3.63, 3.8) is 0 Å². The Morgan fingerprint density at radius 2 is 0.753 bits per heavy atom. The third-order valence-electron chi connectivity index (χ3n) is 14.9. The van der Waals surface area contributed by atoms with Crippen molar-refractivity contribution in [3.05, 3.63) is 313 Å². The highest BCUT2D eigenvalue weighted by Crippen LogP contribution is 2.59. The topological polar surface area (TPSA) is 23.5 Å². The van der Waals surface area contributed by atoms with Crippen molar-refractivity contribution in [1.82, 2.24) is 0 Å². The summed E-state index contributed by atoms with van der Waals surface area (Å²) in [6.45, 7) is 0. The summed E-state index contributed by atoms with van der Waals surface area (Å²) < 4.78 is 0. The second kappa shape index (κ2) is 18.4. The average molecular weight is 932 g/mol. The van der Waals surface area contributed by atoms with E-state index in [1.807, 2.05) is 18.2 Å². The highest BCUT2D eigenvalue weighted by molar-refractivity contribution is 6.02. The van der Waals surface area contributed by atoms with Gasteiger partial charge in [0.1, 0.15) is 5.75 Å². The molecule has 2 nitrogen and oxygen atoms in total. The van der Waals surface area contributed by atoms with Gasteiger partial charge in [-0.3, -0.25) is 0 Å². The first-order valence-electron chi connectivity index (χ1n) is 25.1. The maximum absolute atomic E-state index is 11.0. The lowest BCUT2D eigenvalue weighted by atomic mass is 9.67. The van der Waals surface area contributed by atoms with E-state index in [-0.39, 0.29) is 5.75 Å². The fourth-order valence-electron chi connectivity index (χ4n) is 11.6. The van der Waals surface area contributed by atoms with Crippen molar-refractivity contribution in [1.29, 1.82) is 0 Å². The van der Waals surface area contributed by atoms with E-state index in [0.717, 1.165) is 56.0 Å². The van der Waals surface area contributed by atoms with E-state index in [1.54, 1.807) is 6.07 Å². The standard InChI is InChI=1S/C71H49NO/c73-69-39-16-12-30-61(69)54-23-17-22-53(48-54)60-29-10-14-37-67(60)72(57-46-44-50(45-47-57)49-40-42-52(43-41-49)59-33-18-21-51-20-7-8-28-58(51)59)68-38-15-11-31-62(68)63-34-19-36-66-70(63)64-32-9-13-35-65(64)71(66,55-24-3-1-4-25-55)56-26-5-2-6-27-56/h1-48,73H. The third-order valence-corrected chi connectivity index (χ3v) is 14.9. The molecular formula is C71H49NO. The van der Waals surface area contributed by atoms with Crippen LogP contribution in [0.1, 0.15) is 22.3 Å². The summed E-state index contributed by atoms with van der Waals surface area (Å²) in [6.07, 6.45) is 0. The molecule has 1 aliphatic carbocycles. The number of anilines is 3. The Morgan fingerprint density at radius 3 is 1.47 bits per heavy atom. The van der Waals surface area contributed by atoms with Crippen LogP contribution in [0.4, 0.5) is 17.1 Å². The highest BCUT2D eigenvalue weighted by atomic mass is 16.3. The van der Waals surface area contributed by atoms with Crippen molar-refractivity contribution in [2.75, 3.05) is 4.90 Å². The molecule has 0 amide bonds. The summed E-state index contributed by atoms with van der Waals surface area (Å²) in [4.78, 5) is 2.44. The predicted octanol–water partition coefficient (Wildman–Crippen LogP) is 18.7. The molecule has 0 radical (unpaired) electrons. The molecule has 0 fully saturated rings. The van der Waals surface area contributed by atoms with Gasteiger partial charge < -0.3 is 10.0 Å². The molecule has 344 valence electrons. The van der Waals surface area contributed by atoms with Crippen LogP contribution < -0.4 is 4.90 Å². The molecule has 12 aromatic rings. The Hall–Kier alpha value is -9.50. The lowest BCUT2D eigenvalue weighted by molar-refractivity contribution is 0.477. The lowest BCUT2D eigenvalue weighted by Gasteiger charge is -2.34. The van der Waals surface area contributed by atoms with E-state index >= 15 is 0 Å². The summed E-state index contributed by atoms with van der Waals surface area (Å²) in [7, 11) is 0. The molecule has 0 saturated heterocycles. The molecule has 0 aromatic heterocycles. The summed E-state index contributed by atoms with van der Waals surface area (Å²) in [5.74, 6) is 0.257. The first kappa shape index (κ1) is 43.5.